The smallest absolute Gasteiger partial charge is 0.345 e. The van der Waals surface area contributed by atoms with Gasteiger partial charge in [-0.2, -0.15) is 0 Å². The van der Waals surface area contributed by atoms with E-state index in [1.165, 1.54) is 0 Å². The maximum Gasteiger partial charge on any atom is 0.345 e. The van der Waals surface area contributed by atoms with Crippen molar-refractivity contribution in [2.45, 2.75) is 37.4 Å². The standard InChI is InChI=1S/C20H21NO4S/c1-23-17-8-7-13(10-18(17)24-2)19-21-15(11-26-19)14-9-12-5-3-4-6-16(12)25-20(14)22/h3-6,9,11,13,17-18H,7-8,10H2,1-2H3/t13?,17-,18?/m0/s1. The lowest BCUT2D eigenvalue weighted by molar-refractivity contribution is -0.0624. The summed E-state index contributed by atoms with van der Waals surface area (Å²) in [4.78, 5) is 17.1. The number of thiazole rings is 1. The molecule has 136 valence electrons. The normalized spacial score (nSPS) is 23.4. The average molecular weight is 371 g/mol. The van der Waals surface area contributed by atoms with Gasteiger partial charge in [-0.15, -0.1) is 11.3 Å². The fraction of sp³-hybridized carbons (Fsp3) is 0.400. The Hall–Kier alpha value is -2.02. The van der Waals surface area contributed by atoms with Gasteiger partial charge in [0.05, 0.1) is 28.5 Å². The molecule has 3 aromatic rings. The van der Waals surface area contributed by atoms with E-state index in [1.54, 1.807) is 31.6 Å². The molecule has 2 unspecified atom stereocenters. The topological polar surface area (TPSA) is 61.6 Å². The van der Waals surface area contributed by atoms with Crippen LogP contribution in [-0.2, 0) is 9.47 Å². The van der Waals surface area contributed by atoms with E-state index in [-0.39, 0.29) is 17.8 Å². The molecule has 6 heteroatoms. The SMILES string of the molecule is COC1CC(c2nc(-c3cc4ccccc4oc3=O)cs2)CC[C@@H]1OC. The van der Waals surface area contributed by atoms with Crippen molar-refractivity contribution in [2.75, 3.05) is 14.2 Å². The number of fused-ring (bicyclic) bond motifs is 1. The molecular formula is C20H21NO4S. The highest BCUT2D eigenvalue weighted by atomic mass is 32.1. The van der Waals surface area contributed by atoms with Crippen LogP contribution in [0, 0.1) is 0 Å². The van der Waals surface area contributed by atoms with E-state index in [0.717, 1.165) is 29.7 Å². The molecule has 0 N–H and O–H groups in total. The molecule has 0 bridgehead atoms. The molecule has 0 radical (unpaired) electrons. The Balaban J connectivity index is 1.63. The van der Waals surface area contributed by atoms with Gasteiger partial charge in [-0.1, -0.05) is 18.2 Å². The molecule has 1 aliphatic carbocycles. The van der Waals surface area contributed by atoms with Crippen LogP contribution < -0.4 is 5.63 Å². The molecular weight excluding hydrogens is 350 g/mol. The van der Waals surface area contributed by atoms with Crippen LogP contribution in [0.2, 0.25) is 0 Å². The Morgan fingerprint density at radius 3 is 2.77 bits per heavy atom. The minimum atomic E-state index is -0.349. The monoisotopic (exact) mass is 371 g/mol. The number of ether oxygens (including phenoxy) is 2. The fourth-order valence-electron chi connectivity index (χ4n) is 3.68. The lowest BCUT2D eigenvalue weighted by Gasteiger charge is -2.33. The number of aromatic nitrogens is 1. The second kappa shape index (κ2) is 7.31. The van der Waals surface area contributed by atoms with Crippen LogP contribution in [0.25, 0.3) is 22.2 Å². The highest BCUT2D eigenvalue weighted by Gasteiger charge is 2.32. The van der Waals surface area contributed by atoms with Crippen molar-refractivity contribution in [1.29, 1.82) is 0 Å². The van der Waals surface area contributed by atoms with Crippen molar-refractivity contribution in [3.05, 3.63) is 51.1 Å². The Morgan fingerprint density at radius 2 is 1.96 bits per heavy atom. The van der Waals surface area contributed by atoms with E-state index < -0.39 is 0 Å². The second-order valence-electron chi connectivity index (χ2n) is 6.61. The Labute approximate surface area is 155 Å². The molecule has 0 aliphatic heterocycles. The molecule has 0 spiro atoms. The Morgan fingerprint density at radius 1 is 1.15 bits per heavy atom. The maximum atomic E-state index is 12.4. The zero-order chi connectivity index (χ0) is 18.1. The van der Waals surface area contributed by atoms with Crippen LogP contribution in [0.4, 0.5) is 0 Å². The van der Waals surface area contributed by atoms with Gasteiger partial charge < -0.3 is 13.9 Å². The summed E-state index contributed by atoms with van der Waals surface area (Å²) in [6.45, 7) is 0. The summed E-state index contributed by atoms with van der Waals surface area (Å²) in [6.07, 6.45) is 3.07. The number of methoxy groups -OCH3 is 2. The van der Waals surface area contributed by atoms with Gasteiger partial charge in [0.25, 0.3) is 0 Å². The fourth-order valence-corrected chi connectivity index (χ4v) is 4.65. The maximum absolute atomic E-state index is 12.4. The summed E-state index contributed by atoms with van der Waals surface area (Å²) in [5.41, 5.74) is 1.45. The molecule has 0 saturated heterocycles. The summed E-state index contributed by atoms with van der Waals surface area (Å²) < 4.78 is 16.5. The number of hydrogen-bond donors (Lipinski definition) is 0. The number of para-hydroxylation sites is 1. The molecule has 5 nitrogen and oxygen atoms in total. The van der Waals surface area contributed by atoms with Gasteiger partial charge in [0, 0.05) is 30.9 Å². The number of hydrogen-bond acceptors (Lipinski definition) is 6. The van der Waals surface area contributed by atoms with E-state index in [1.807, 2.05) is 29.6 Å². The van der Waals surface area contributed by atoms with Crippen LogP contribution in [0.3, 0.4) is 0 Å². The van der Waals surface area contributed by atoms with Gasteiger partial charge in [-0.25, -0.2) is 9.78 Å². The average Bonchev–Trinajstić information content (AvgIpc) is 3.16. The first-order valence-corrected chi connectivity index (χ1v) is 9.62. The van der Waals surface area contributed by atoms with Crippen LogP contribution in [-0.4, -0.2) is 31.4 Å². The van der Waals surface area contributed by atoms with Gasteiger partial charge in [-0.05, 0) is 31.4 Å². The van der Waals surface area contributed by atoms with Crippen molar-refractivity contribution in [2.24, 2.45) is 0 Å². The van der Waals surface area contributed by atoms with Crippen molar-refractivity contribution >= 4 is 22.3 Å². The van der Waals surface area contributed by atoms with Crippen molar-refractivity contribution in [3.63, 3.8) is 0 Å². The molecule has 4 rings (SSSR count). The van der Waals surface area contributed by atoms with Crippen molar-refractivity contribution < 1.29 is 13.9 Å². The third-order valence-electron chi connectivity index (χ3n) is 5.13. The Bertz CT molecular complexity index is 964. The van der Waals surface area contributed by atoms with Gasteiger partial charge >= 0.3 is 5.63 Å². The summed E-state index contributed by atoms with van der Waals surface area (Å²) >= 11 is 1.60. The van der Waals surface area contributed by atoms with E-state index in [4.69, 9.17) is 18.9 Å². The van der Waals surface area contributed by atoms with Gasteiger partial charge in [0.1, 0.15) is 5.58 Å². The van der Waals surface area contributed by atoms with Gasteiger partial charge in [-0.3, -0.25) is 0 Å². The van der Waals surface area contributed by atoms with E-state index in [0.29, 0.717) is 22.8 Å². The van der Waals surface area contributed by atoms with Crippen molar-refractivity contribution in [1.82, 2.24) is 4.98 Å². The van der Waals surface area contributed by atoms with Crippen LogP contribution in [0.15, 0.2) is 44.9 Å². The van der Waals surface area contributed by atoms with Crippen LogP contribution in [0.5, 0.6) is 0 Å². The zero-order valence-corrected chi connectivity index (χ0v) is 15.6. The first kappa shape index (κ1) is 17.4. The summed E-state index contributed by atoms with van der Waals surface area (Å²) in [6, 6.07) is 9.38. The molecule has 26 heavy (non-hydrogen) atoms. The lowest BCUT2D eigenvalue weighted by atomic mass is 9.85. The minimum Gasteiger partial charge on any atom is -0.422 e. The molecule has 2 heterocycles. The van der Waals surface area contributed by atoms with Crippen molar-refractivity contribution in [3.8, 4) is 11.3 Å². The number of benzene rings is 1. The van der Waals surface area contributed by atoms with E-state index in [9.17, 15) is 4.79 Å². The molecule has 1 fully saturated rings. The lowest BCUT2D eigenvalue weighted by Crippen LogP contribution is -2.35. The first-order chi connectivity index (χ1) is 12.7. The highest BCUT2D eigenvalue weighted by Crippen LogP contribution is 2.37. The predicted octanol–water partition coefficient (Wildman–Crippen LogP) is 4.21. The molecule has 0 amide bonds. The highest BCUT2D eigenvalue weighted by molar-refractivity contribution is 7.10. The number of nitrogens with zero attached hydrogens (tertiary/aromatic N) is 1. The molecule has 1 aromatic carbocycles. The van der Waals surface area contributed by atoms with Gasteiger partial charge in [0.15, 0.2) is 0 Å². The third kappa shape index (κ3) is 3.20. The van der Waals surface area contributed by atoms with Crippen LogP contribution in [0.1, 0.15) is 30.2 Å². The first-order valence-electron chi connectivity index (χ1n) is 8.74. The molecule has 1 saturated carbocycles. The second-order valence-corrected chi connectivity index (χ2v) is 7.50. The van der Waals surface area contributed by atoms with E-state index in [2.05, 4.69) is 0 Å². The molecule has 3 atom stereocenters. The van der Waals surface area contributed by atoms with Crippen LogP contribution >= 0.6 is 11.3 Å². The summed E-state index contributed by atoms with van der Waals surface area (Å²) in [5.74, 6) is 0.331. The third-order valence-corrected chi connectivity index (χ3v) is 6.13. The summed E-state index contributed by atoms with van der Waals surface area (Å²) in [5, 5.41) is 3.89. The van der Waals surface area contributed by atoms with E-state index >= 15 is 0 Å². The number of rotatable bonds is 4. The predicted molar refractivity (Wildman–Crippen MR) is 102 cm³/mol. The largest absolute Gasteiger partial charge is 0.422 e. The zero-order valence-electron chi connectivity index (χ0n) is 14.8. The van der Waals surface area contributed by atoms with Gasteiger partial charge in [0.2, 0.25) is 0 Å². The molecule has 2 aromatic heterocycles. The minimum absolute atomic E-state index is 0.0804. The summed E-state index contributed by atoms with van der Waals surface area (Å²) in [7, 11) is 3.46. The Kier molecular flexibility index (Phi) is 4.89. The molecule has 1 aliphatic rings. The quantitative estimate of drug-likeness (QED) is 0.643.